The molecular formula is C30H62N2O. The van der Waals surface area contributed by atoms with Crippen LogP contribution in [0.1, 0.15) is 164 Å². The molecule has 0 heterocycles. The first-order chi connectivity index (χ1) is 15.8. The van der Waals surface area contributed by atoms with Crippen molar-refractivity contribution in [2.75, 3.05) is 0 Å². The van der Waals surface area contributed by atoms with Crippen molar-refractivity contribution in [3.63, 3.8) is 0 Å². The number of unbranched alkanes of at least 4 members (excludes halogenated alkanes) is 17. The van der Waals surface area contributed by atoms with Crippen LogP contribution < -0.4 is 5.73 Å². The average molecular weight is 467 g/mol. The average Bonchev–Trinajstić information content (AvgIpc) is 2.74. The van der Waals surface area contributed by atoms with E-state index in [2.05, 4.69) is 46.4 Å². The topological polar surface area (TPSA) is 46.3 Å². The van der Waals surface area contributed by atoms with E-state index in [4.69, 9.17) is 5.73 Å². The number of nitrogens with zero attached hydrogens (tertiary/aromatic N) is 1. The highest BCUT2D eigenvalue weighted by atomic mass is 16.1. The molecule has 0 aromatic heterocycles. The third kappa shape index (κ3) is 17.5. The van der Waals surface area contributed by atoms with E-state index >= 15 is 0 Å². The van der Waals surface area contributed by atoms with Crippen LogP contribution in [0, 0.1) is 5.92 Å². The summed E-state index contributed by atoms with van der Waals surface area (Å²) in [6.07, 6.45) is 25.9. The number of primary amides is 1. The van der Waals surface area contributed by atoms with Gasteiger partial charge in [0.15, 0.2) is 0 Å². The van der Waals surface area contributed by atoms with E-state index in [1.54, 1.807) is 0 Å². The summed E-state index contributed by atoms with van der Waals surface area (Å²) in [7, 11) is 0. The lowest BCUT2D eigenvalue weighted by Crippen LogP contribution is -2.50. The van der Waals surface area contributed by atoms with Gasteiger partial charge in [-0.05, 0) is 41.0 Å². The van der Waals surface area contributed by atoms with Gasteiger partial charge >= 0.3 is 0 Å². The van der Waals surface area contributed by atoms with Crippen LogP contribution in [0.2, 0.25) is 0 Å². The number of hydrogen-bond donors (Lipinski definition) is 1. The maximum atomic E-state index is 12.1. The van der Waals surface area contributed by atoms with Gasteiger partial charge in [0.25, 0.3) is 0 Å². The number of amides is 1. The summed E-state index contributed by atoms with van der Waals surface area (Å²) in [5, 5.41) is 0. The largest absolute Gasteiger partial charge is 0.369 e. The molecule has 2 unspecified atom stereocenters. The van der Waals surface area contributed by atoms with Crippen LogP contribution in [0.4, 0.5) is 0 Å². The molecule has 0 rings (SSSR count). The van der Waals surface area contributed by atoms with Crippen molar-refractivity contribution in [3.05, 3.63) is 0 Å². The van der Waals surface area contributed by atoms with Gasteiger partial charge in [-0.25, -0.2) is 0 Å². The van der Waals surface area contributed by atoms with E-state index < -0.39 is 0 Å². The van der Waals surface area contributed by atoms with Crippen LogP contribution in [-0.4, -0.2) is 28.9 Å². The molecule has 2 atom stereocenters. The standard InChI is InChI=1S/C30H62N2O/c1-7-8-9-10-11-12-13-14-15-16-17-18-19-20-21-22-23-24-25-29(30(31)33)28(6)32(26(2)3)27(4)5/h26-29H,7-25H2,1-6H3,(H2,31,33). The van der Waals surface area contributed by atoms with E-state index in [1.807, 2.05) is 0 Å². The molecule has 0 aromatic carbocycles. The van der Waals surface area contributed by atoms with Gasteiger partial charge in [-0.1, -0.05) is 122 Å². The Morgan fingerprint density at radius 2 is 0.879 bits per heavy atom. The van der Waals surface area contributed by atoms with Crippen LogP contribution in [0.25, 0.3) is 0 Å². The first-order valence-electron chi connectivity index (χ1n) is 14.9. The zero-order chi connectivity index (χ0) is 24.9. The summed E-state index contributed by atoms with van der Waals surface area (Å²) in [5.74, 6) is -0.156. The number of carbonyl (C=O) groups is 1. The summed E-state index contributed by atoms with van der Waals surface area (Å²) in [6, 6.07) is 1.08. The van der Waals surface area contributed by atoms with Crippen molar-refractivity contribution in [2.45, 2.75) is 182 Å². The van der Waals surface area contributed by atoms with Gasteiger partial charge in [-0.15, -0.1) is 0 Å². The second-order valence-electron chi connectivity index (χ2n) is 11.2. The lowest BCUT2D eigenvalue weighted by atomic mass is 9.90. The Kier molecular flexibility index (Phi) is 21.6. The maximum Gasteiger partial charge on any atom is 0.222 e. The Balaban J connectivity index is 3.64. The summed E-state index contributed by atoms with van der Waals surface area (Å²) < 4.78 is 0. The van der Waals surface area contributed by atoms with Gasteiger partial charge in [-0.2, -0.15) is 0 Å². The van der Waals surface area contributed by atoms with Crippen molar-refractivity contribution in [3.8, 4) is 0 Å². The summed E-state index contributed by atoms with van der Waals surface area (Å²) in [5.41, 5.74) is 5.79. The van der Waals surface area contributed by atoms with Crippen LogP contribution in [0.15, 0.2) is 0 Å². The fourth-order valence-electron chi connectivity index (χ4n) is 5.63. The number of rotatable bonds is 24. The van der Waals surface area contributed by atoms with Crippen molar-refractivity contribution in [2.24, 2.45) is 11.7 Å². The first-order valence-corrected chi connectivity index (χ1v) is 14.9. The molecule has 0 aromatic rings. The number of nitrogens with two attached hydrogens (primary N) is 1. The molecule has 0 aliphatic heterocycles. The van der Waals surface area contributed by atoms with Crippen molar-refractivity contribution >= 4 is 5.91 Å². The highest BCUT2D eigenvalue weighted by molar-refractivity contribution is 5.77. The molecule has 198 valence electrons. The molecule has 1 amide bonds. The molecule has 33 heavy (non-hydrogen) atoms. The number of hydrogen-bond acceptors (Lipinski definition) is 2. The maximum absolute atomic E-state index is 12.1. The van der Waals surface area contributed by atoms with Gasteiger partial charge < -0.3 is 5.73 Å². The summed E-state index contributed by atoms with van der Waals surface area (Å²) in [4.78, 5) is 14.5. The molecular weight excluding hydrogens is 404 g/mol. The van der Waals surface area contributed by atoms with Gasteiger partial charge in [0.05, 0.1) is 5.92 Å². The Labute approximate surface area is 209 Å². The van der Waals surface area contributed by atoms with Crippen molar-refractivity contribution in [1.82, 2.24) is 4.90 Å². The second-order valence-corrected chi connectivity index (χ2v) is 11.2. The quantitative estimate of drug-likeness (QED) is 0.144. The first kappa shape index (κ1) is 32.4. The zero-order valence-electron chi connectivity index (χ0n) is 23.7. The molecule has 3 nitrogen and oxygen atoms in total. The van der Waals surface area contributed by atoms with Gasteiger partial charge in [0.2, 0.25) is 5.91 Å². The van der Waals surface area contributed by atoms with Crippen LogP contribution in [-0.2, 0) is 4.79 Å². The van der Waals surface area contributed by atoms with Crippen LogP contribution >= 0.6 is 0 Å². The molecule has 0 bridgehead atoms. The van der Waals surface area contributed by atoms with E-state index in [-0.39, 0.29) is 17.9 Å². The molecule has 0 aliphatic rings. The van der Waals surface area contributed by atoms with E-state index in [1.165, 1.54) is 109 Å². The van der Waals surface area contributed by atoms with E-state index in [9.17, 15) is 4.79 Å². The normalized spacial score (nSPS) is 13.8. The highest BCUT2D eigenvalue weighted by Gasteiger charge is 2.30. The third-order valence-corrected chi connectivity index (χ3v) is 7.48. The molecule has 0 fully saturated rings. The lowest BCUT2D eigenvalue weighted by Gasteiger charge is -2.39. The fraction of sp³-hybridized carbons (Fsp3) is 0.967. The fourth-order valence-corrected chi connectivity index (χ4v) is 5.63. The van der Waals surface area contributed by atoms with Gasteiger partial charge in [-0.3, -0.25) is 9.69 Å². The highest BCUT2D eigenvalue weighted by Crippen LogP contribution is 2.23. The van der Waals surface area contributed by atoms with Gasteiger partial charge in [0, 0.05) is 18.1 Å². The van der Waals surface area contributed by atoms with Crippen LogP contribution in [0.3, 0.4) is 0 Å². The molecule has 0 spiro atoms. The van der Waals surface area contributed by atoms with Gasteiger partial charge in [0.1, 0.15) is 0 Å². The molecule has 0 radical (unpaired) electrons. The summed E-state index contributed by atoms with van der Waals surface area (Å²) in [6.45, 7) is 13.3. The van der Waals surface area contributed by atoms with E-state index in [0.29, 0.717) is 12.1 Å². The predicted octanol–water partition coefficient (Wildman–Crippen LogP) is 9.03. The Hall–Kier alpha value is -0.570. The van der Waals surface area contributed by atoms with Crippen molar-refractivity contribution in [1.29, 1.82) is 0 Å². The third-order valence-electron chi connectivity index (χ3n) is 7.48. The Morgan fingerprint density at radius 3 is 1.15 bits per heavy atom. The minimum atomic E-state index is -0.124. The Bertz CT molecular complexity index is 427. The molecule has 0 aliphatic carbocycles. The predicted molar refractivity (Wildman–Crippen MR) is 148 cm³/mol. The van der Waals surface area contributed by atoms with E-state index in [0.717, 1.165) is 12.8 Å². The Morgan fingerprint density at radius 1 is 0.576 bits per heavy atom. The molecule has 3 heteroatoms. The second kappa shape index (κ2) is 21.9. The smallest absolute Gasteiger partial charge is 0.222 e. The minimum Gasteiger partial charge on any atom is -0.369 e. The SMILES string of the molecule is CCCCCCCCCCCCCCCCCCCCC(C(N)=O)C(C)N(C(C)C)C(C)C. The minimum absolute atomic E-state index is 0.0316. The molecule has 0 saturated carbocycles. The van der Waals surface area contributed by atoms with Crippen LogP contribution in [0.5, 0.6) is 0 Å². The monoisotopic (exact) mass is 466 g/mol. The summed E-state index contributed by atoms with van der Waals surface area (Å²) >= 11 is 0. The number of carbonyl (C=O) groups excluding carboxylic acids is 1. The molecule has 0 saturated heterocycles. The molecule has 2 N–H and O–H groups in total. The lowest BCUT2D eigenvalue weighted by molar-refractivity contribution is -0.124. The van der Waals surface area contributed by atoms with Crippen molar-refractivity contribution < 1.29 is 4.79 Å². The zero-order valence-corrected chi connectivity index (χ0v) is 23.7.